The van der Waals surface area contributed by atoms with Gasteiger partial charge in [0.1, 0.15) is 23.5 Å². The molecule has 7 heteroatoms. The maximum absolute atomic E-state index is 4.95. The molecule has 0 aromatic carbocycles. The van der Waals surface area contributed by atoms with Gasteiger partial charge in [-0.1, -0.05) is 11.2 Å². The highest BCUT2D eigenvalue weighted by Crippen LogP contribution is 2.26. The van der Waals surface area contributed by atoms with Crippen molar-refractivity contribution in [2.24, 2.45) is 0 Å². The monoisotopic (exact) mass is 336 g/mol. The van der Waals surface area contributed by atoms with Crippen molar-refractivity contribution >= 4 is 5.82 Å². The van der Waals surface area contributed by atoms with Gasteiger partial charge in [0.15, 0.2) is 5.82 Å². The van der Waals surface area contributed by atoms with Crippen molar-refractivity contribution < 1.29 is 4.52 Å². The summed E-state index contributed by atoms with van der Waals surface area (Å²) < 4.78 is 4.95. The fourth-order valence-corrected chi connectivity index (χ4v) is 3.09. The minimum absolute atomic E-state index is 0.634. The van der Waals surface area contributed by atoms with Crippen molar-refractivity contribution in [2.45, 2.75) is 19.4 Å². The molecule has 4 rings (SSSR count). The Labute approximate surface area is 146 Å². The zero-order chi connectivity index (χ0) is 17.1. The van der Waals surface area contributed by atoms with Gasteiger partial charge in [-0.05, 0) is 25.1 Å². The molecule has 0 atom stereocenters. The first-order valence-electron chi connectivity index (χ1n) is 8.43. The Morgan fingerprint density at radius 1 is 1.16 bits per heavy atom. The van der Waals surface area contributed by atoms with Gasteiger partial charge < -0.3 is 14.7 Å². The van der Waals surface area contributed by atoms with Gasteiger partial charge in [0.05, 0.1) is 12.2 Å². The molecule has 3 aromatic rings. The smallest absolute Gasteiger partial charge is 0.180 e. The van der Waals surface area contributed by atoms with Crippen LogP contribution in [0.4, 0.5) is 5.82 Å². The zero-order valence-electron chi connectivity index (χ0n) is 14.1. The molecule has 0 unspecified atom stereocenters. The van der Waals surface area contributed by atoms with Crippen molar-refractivity contribution in [1.29, 1.82) is 0 Å². The number of aromatic nitrogens is 4. The number of pyridine rings is 1. The molecule has 1 N–H and O–H groups in total. The van der Waals surface area contributed by atoms with Crippen LogP contribution in [0.25, 0.3) is 11.5 Å². The minimum atomic E-state index is 0.634. The second kappa shape index (κ2) is 6.98. The normalized spacial score (nSPS) is 14.0. The fourth-order valence-electron chi connectivity index (χ4n) is 3.09. The molecule has 0 bridgehead atoms. The summed E-state index contributed by atoms with van der Waals surface area (Å²) in [6.07, 6.45) is 5.16. The topological polar surface area (TPSA) is 80.0 Å². The molecule has 0 aliphatic carbocycles. The van der Waals surface area contributed by atoms with Crippen molar-refractivity contribution in [1.82, 2.24) is 25.4 Å². The van der Waals surface area contributed by atoms with E-state index in [4.69, 9.17) is 14.5 Å². The summed E-state index contributed by atoms with van der Waals surface area (Å²) in [4.78, 5) is 16.2. The first kappa shape index (κ1) is 15.7. The summed E-state index contributed by atoms with van der Waals surface area (Å²) in [5.74, 6) is 1.61. The second-order valence-electron chi connectivity index (χ2n) is 6.11. The van der Waals surface area contributed by atoms with E-state index >= 15 is 0 Å². The Balaban J connectivity index is 1.77. The summed E-state index contributed by atoms with van der Waals surface area (Å²) in [5.41, 5.74) is 3.97. The van der Waals surface area contributed by atoms with Gasteiger partial charge in [0.25, 0.3) is 0 Å². The van der Waals surface area contributed by atoms with E-state index in [0.717, 1.165) is 48.8 Å². The van der Waals surface area contributed by atoms with Gasteiger partial charge in [0, 0.05) is 37.8 Å². The van der Waals surface area contributed by atoms with E-state index in [-0.39, 0.29) is 0 Å². The molecule has 1 aliphatic heterocycles. The lowest BCUT2D eigenvalue weighted by atomic mass is 10.1. The highest BCUT2D eigenvalue weighted by Gasteiger charge is 2.20. The Kier molecular flexibility index (Phi) is 4.39. The van der Waals surface area contributed by atoms with Crippen LogP contribution >= 0.6 is 0 Å². The average molecular weight is 336 g/mol. The van der Waals surface area contributed by atoms with E-state index in [2.05, 4.69) is 20.4 Å². The fraction of sp³-hybridized carbons (Fsp3) is 0.333. The third-order valence-corrected chi connectivity index (χ3v) is 4.31. The molecular formula is C18H20N6O. The third kappa shape index (κ3) is 3.36. The molecule has 7 nitrogen and oxygen atoms in total. The first-order valence-corrected chi connectivity index (χ1v) is 8.43. The van der Waals surface area contributed by atoms with Crippen LogP contribution in [0.2, 0.25) is 0 Å². The van der Waals surface area contributed by atoms with Crippen molar-refractivity contribution in [3.63, 3.8) is 0 Å². The van der Waals surface area contributed by atoms with Crippen LogP contribution in [0, 0.1) is 0 Å². The van der Waals surface area contributed by atoms with Crippen LogP contribution in [0.15, 0.2) is 41.2 Å². The number of hydrogen-bond donors (Lipinski definition) is 1. The number of fused-ring (bicyclic) bond motifs is 1. The summed E-state index contributed by atoms with van der Waals surface area (Å²) >= 11 is 0. The average Bonchev–Trinajstić information content (AvgIpc) is 3.04. The molecule has 3 aromatic heterocycles. The maximum Gasteiger partial charge on any atom is 0.180 e. The molecule has 0 spiro atoms. The van der Waals surface area contributed by atoms with Gasteiger partial charge >= 0.3 is 0 Å². The van der Waals surface area contributed by atoms with E-state index in [1.807, 2.05) is 31.3 Å². The predicted octanol–water partition coefficient (Wildman–Crippen LogP) is 1.85. The molecular weight excluding hydrogens is 316 g/mol. The number of anilines is 1. The number of hydrogen-bond acceptors (Lipinski definition) is 7. The minimum Gasteiger partial charge on any atom is -0.364 e. The summed E-state index contributed by atoms with van der Waals surface area (Å²) in [5, 5.41) is 7.44. The van der Waals surface area contributed by atoms with Crippen LogP contribution in [-0.4, -0.2) is 40.2 Å². The highest BCUT2D eigenvalue weighted by molar-refractivity contribution is 5.58. The van der Waals surface area contributed by atoms with Gasteiger partial charge in [-0.3, -0.25) is 4.98 Å². The first-order chi connectivity index (χ1) is 12.3. The number of nitrogens with one attached hydrogen (secondary N) is 1. The van der Waals surface area contributed by atoms with Crippen LogP contribution in [-0.2, 0) is 19.4 Å². The quantitative estimate of drug-likeness (QED) is 0.779. The van der Waals surface area contributed by atoms with Gasteiger partial charge in [-0.15, -0.1) is 0 Å². The molecule has 0 fully saturated rings. The van der Waals surface area contributed by atoms with Crippen LogP contribution < -0.4 is 10.2 Å². The Morgan fingerprint density at radius 2 is 2.08 bits per heavy atom. The van der Waals surface area contributed by atoms with Crippen molar-refractivity contribution in [3.8, 4) is 11.5 Å². The summed E-state index contributed by atoms with van der Waals surface area (Å²) in [7, 11) is 2.03. The van der Waals surface area contributed by atoms with E-state index in [0.29, 0.717) is 12.4 Å². The standard InChI is InChI=1S/C18H20N6O/c1-24(12-13-7-11-25-23-13)18-14-5-9-19-10-6-15(14)21-17(22-18)16-4-2-3-8-20-16/h2-4,7-8,11,19H,5-6,9-10,12H2,1H3. The molecule has 0 saturated heterocycles. The second-order valence-corrected chi connectivity index (χ2v) is 6.11. The summed E-state index contributed by atoms with van der Waals surface area (Å²) in [6.45, 7) is 2.50. The lowest BCUT2D eigenvalue weighted by Gasteiger charge is -2.22. The van der Waals surface area contributed by atoms with Crippen LogP contribution in [0.3, 0.4) is 0 Å². The molecule has 0 radical (unpaired) electrons. The van der Waals surface area contributed by atoms with E-state index < -0.39 is 0 Å². The largest absolute Gasteiger partial charge is 0.364 e. The van der Waals surface area contributed by atoms with Crippen molar-refractivity contribution in [2.75, 3.05) is 25.0 Å². The molecule has 1 aliphatic rings. The molecule has 4 heterocycles. The summed E-state index contributed by atoms with van der Waals surface area (Å²) in [6, 6.07) is 7.67. The van der Waals surface area contributed by atoms with E-state index in [1.165, 1.54) is 5.56 Å². The Bertz CT molecular complexity index is 834. The zero-order valence-corrected chi connectivity index (χ0v) is 14.1. The Hall–Kier alpha value is -2.80. The van der Waals surface area contributed by atoms with E-state index in [1.54, 1.807) is 12.5 Å². The van der Waals surface area contributed by atoms with Gasteiger partial charge in [-0.2, -0.15) is 0 Å². The van der Waals surface area contributed by atoms with Gasteiger partial charge in [-0.25, -0.2) is 9.97 Å². The SMILES string of the molecule is CN(Cc1ccon1)c1nc(-c2ccccn2)nc2c1CCNCC2. The number of nitrogens with zero attached hydrogens (tertiary/aromatic N) is 5. The molecule has 128 valence electrons. The lowest BCUT2D eigenvalue weighted by molar-refractivity contribution is 0.411. The van der Waals surface area contributed by atoms with Crippen LogP contribution in [0.5, 0.6) is 0 Å². The third-order valence-electron chi connectivity index (χ3n) is 4.31. The molecule has 25 heavy (non-hydrogen) atoms. The molecule has 0 amide bonds. The van der Waals surface area contributed by atoms with Gasteiger partial charge in [0.2, 0.25) is 0 Å². The van der Waals surface area contributed by atoms with Crippen LogP contribution in [0.1, 0.15) is 17.0 Å². The highest BCUT2D eigenvalue weighted by atomic mass is 16.5. The Morgan fingerprint density at radius 3 is 2.88 bits per heavy atom. The van der Waals surface area contributed by atoms with Crippen molar-refractivity contribution in [3.05, 3.63) is 53.7 Å². The predicted molar refractivity (Wildman–Crippen MR) is 94.2 cm³/mol. The number of rotatable bonds is 4. The molecule has 0 saturated carbocycles. The maximum atomic E-state index is 4.95. The lowest BCUT2D eigenvalue weighted by Crippen LogP contribution is -2.22. The van der Waals surface area contributed by atoms with E-state index in [9.17, 15) is 0 Å².